The molecular weight excluding hydrogens is 200 g/mol. The van der Waals surface area contributed by atoms with Gasteiger partial charge in [-0.05, 0) is 23.8 Å². The summed E-state index contributed by atoms with van der Waals surface area (Å²) in [6, 6.07) is 0.339. The third kappa shape index (κ3) is 3.34. The van der Waals surface area contributed by atoms with E-state index in [4.69, 9.17) is 5.11 Å². The van der Waals surface area contributed by atoms with Crippen LogP contribution in [0.15, 0.2) is 12.4 Å². The van der Waals surface area contributed by atoms with Crippen LogP contribution in [-0.2, 0) is 5.41 Å². The summed E-state index contributed by atoms with van der Waals surface area (Å²) >= 11 is 0. The normalized spacial score (nSPS) is 14.1. The van der Waals surface area contributed by atoms with Gasteiger partial charge >= 0.3 is 0 Å². The van der Waals surface area contributed by atoms with Crippen molar-refractivity contribution in [2.45, 2.75) is 58.4 Å². The number of nitrogens with zero attached hydrogens (tertiary/aromatic N) is 2. The lowest BCUT2D eigenvalue weighted by atomic mass is 9.90. The van der Waals surface area contributed by atoms with E-state index in [0.717, 1.165) is 19.3 Å². The Balaban J connectivity index is 2.81. The molecule has 16 heavy (non-hydrogen) atoms. The van der Waals surface area contributed by atoms with Crippen LogP contribution in [0.5, 0.6) is 0 Å². The van der Waals surface area contributed by atoms with Crippen molar-refractivity contribution in [3.8, 4) is 0 Å². The number of aliphatic hydroxyl groups excluding tert-OH is 1. The van der Waals surface area contributed by atoms with Crippen LogP contribution in [0, 0.1) is 0 Å². The quantitative estimate of drug-likeness (QED) is 0.835. The van der Waals surface area contributed by atoms with Gasteiger partial charge in [-0.1, -0.05) is 34.1 Å². The second-order valence-corrected chi connectivity index (χ2v) is 5.41. The highest BCUT2D eigenvalue weighted by molar-refractivity contribution is 5.15. The van der Waals surface area contributed by atoms with Gasteiger partial charge in [-0.15, -0.1) is 0 Å². The smallest absolute Gasteiger partial charge is 0.0541 e. The molecule has 1 unspecified atom stereocenters. The Hall–Kier alpha value is -0.830. The Labute approximate surface area is 98.5 Å². The van der Waals surface area contributed by atoms with Crippen molar-refractivity contribution < 1.29 is 5.11 Å². The van der Waals surface area contributed by atoms with Crippen molar-refractivity contribution in [2.24, 2.45) is 0 Å². The van der Waals surface area contributed by atoms with Gasteiger partial charge in [-0.3, -0.25) is 4.68 Å². The Kier molecular flexibility index (Phi) is 4.54. The molecule has 1 heterocycles. The van der Waals surface area contributed by atoms with E-state index < -0.39 is 0 Å². The minimum Gasteiger partial charge on any atom is -0.396 e. The highest BCUT2D eigenvalue weighted by Gasteiger charge is 2.18. The highest BCUT2D eigenvalue weighted by Crippen LogP contribution is 2.24. The molecule has 1 aromatic heterocycles. The van der Waals surface area contributed by atoms with Crippen molar-refractivity contribution in [1.29, 1.82) is 0 Å². The third-order valence-electron chi connectivity index (χ3n) is 2.93. The summed E-state index contributed by atoms with van der Waals surface area (Å²) in [5.41, 5.74) is 1.40. The van der Waals surface area contributed by atoms with Gasteiger partial charge in [-0.2, -0.15) is 5.10 Å². The van der Waals surface area contributed by atoms with E-state index in [1.807, 2.05) is 10.9 Å². The average molecular weight is 224 g/mol. The van der Waals surface area contributed by atoms with Crippen LogP contribution < -0.4 is 0 Å². The van der Waals surface area contributed by atoms with Crippen LogP contribution in [0.25, 0.3) is 0 Å². The number of aromatic nitrogens is 2. The molecule has 1 N–H and O–H groups in total. The van der Waals surface area contributed by atoms with Crippen molar-refractivity contribution in [3.63, 3.8) is 0 Å². The molecule has 3 heteroatoms. The van der Waals surface area contributed by atoms with Crippen molar-refractivity contribution in [1.82, 2.24) is 9.78 Å². The minimum absolute atomic E-state index is 0.147. The second-order valence-electron chi connectivity index (χ2n) is 5.41. The van der Waals surface area contributed by atoms with Crippen molar-refractivity contribution in [2.75, 3.05) is 6.61 Å². The first kappa shape index (κ1) is 13.2. The predicted molar refractivity (Wildman–Crippen MR) is 66.6 cm³/mol. The first-order chi connectivity index (χ1) is 7.49. The molecule has 1 atom stereocenters. The van der Waals surface area contributed by atoms with Gasteiger partial charge in [0.15, 0.2) is 0 Å². The Morgan fingerprint density at radius 2 is 2.06 bits per heavy atom. The first-order valence-corrected chi connectivity index (χ1v) is 6.14. The highest BCUT2D eigenvalue weighted by atomic mass is 16.3. The summed E-state index contributed by atoms with van der Waals surface area (Å²) < 4.78 is 2.01. The molecule has 0 amide bonds. The summed E-state index contributed by atoms with van der Waals surface area (Å²) in [6.45, 7) is 8.97. The van der Waals surface area contributed by atoms with E-state index in [9.17, 15) is 0 Å². The van der Waals surface area contributed by atoms with Crippen LogP contribution in [0.1, 0.15) is 58.6 Å². The molecule has 0 aromatic carbocycles. The summed E-state index contributed by atoms with van der Waals surface area (Å²) in [6.07, 6.45) is 7.05. The minimum atomic E-state index is 0.147. The van der Waals surface area contributed by atoms with E-state index >= 15 is 0 Å². The zero-order valence-electron chi connectivity index (χ0n) is 10.9. The molecule has 0 radical (unpaired) electrons. The molecule has 0 aliphatic heterocycles. The molecule has 1 rings (SSSR count). The van der Waals surface area contributed by atoms with Gasteiger partial charge in [0.1, 0.15) is 0 Å². The molecule has 0 saturated heterocycles. The lowest BCUT2D eigenvalue weighted by Gasteiger charge is -2.17. The SMILES string of the molecule is CCCC(CCO)n1cc(C(C)(C)C)cn1. The lowest BCUT2D eigenvalue weighted by molar-refractivity contribution is 0.245. The summed E-state index contributed by atoms with van der Waals surface area (Å²) in [7, 11) is 0. The topological polar surface area (TPSA) is 38.0 Å². The molecule has 0 spiro atoms. The van der Waals surface area contributed by atoms with Crippen LogP contribution in [0.4, 0.5) is 0 Å². The van der Waals surface area contributed by atoms with Gasteiger partial charge in [0.05, 0.1) is 12.2 Å². The van der Waals surface area contributed by atoms with E-state index in [1.54, 1.807) is 0 Å². The zero-order valence-corrected chi connectivity index (χ0v) is 10.9. The zero-order chi connectivity index (χ0) is 12.2. The fraction of sp³-hybridized carbons (Fsp3) is 0.769. The van der Waals surface area contributed by atoms with Gasteiger partial charge in [0.2, 0.25) is 0 Å². The second kappa shape index (κ2) is 5.48. The molecule has 0 fully saturated rings. The number of aliphatic hydroxyl groups is 1. The van der Waals surface area contributed by atoms with Gasteiger partial charge < -0.3 is 5.11 Å². The van der Waals surface area contributed by atoms with Crippen molar-refractivity contribution >= 4 is 0 Å². The maximum Gasteiger partial charge on any atom is 0.0541 e. The first-order valence-electron chi connectivity index (χ1n) is 6.14. The number of hydrogen-bond donors (Lipinski definition) is 1. The van der Waals surface area contributed by atoms with Gasteiger partial charge in [0, 0.05) is 12.8 Å². The summed E-state index contributed by atoms with van der Waals surface area (Å²) in [4.78, 5) is 0. The van der Waals surface area contributed by atoms with E-state index in [2.05, 4.69) is 39.0 Å². The largest absolute Gasteiger partial charge is 0.396 e. The third-order valence-corrected chi connectivity index (χ3v) is 2.93. The van der Waals surface area contributed by atoms with Crippen LogP contribution >= 0.6 is 0 Å². The van der Waals surface area contributed by atoms with Gasteiger partial charge in [-0.25, -0.2) is 0 Å². The Morgan fingerprint density at radius 1 is 1.38 bits per heavy atom. The lowest BCUT2D eigenvalue weighted by Crippen LogP contribution is -2.12. The summed E-state index contributed by atoms with van der Waals surface area (Å²) in [5.74, 6) is 0. The maximum atomic E-state index is 9.05. The standard InChI is InChI=1S/C13H24N2O/c1-5-6-12(7-8-16)15-10-11(9-14-15)13(2,3)4/h9-10,12,16H,5-8H2,1-4H3. The average Bonchev–Trinajstić information content (AvgIpc) is 2.65. The molecule has 3 nitrogen and oxygen atoms in total. The van der Waals surface area contributed by atoms with Crippen LogP contribution in [-0.4, -0.2) is 21.5 Å². The van der Waals surface area contributed by atoms with E-state index in [0.29, 0.717) is 6.04 Å². The van der Waals surface area contributed by atoms with Crippen LogP contribution in [0.2, 0.25) is 0 Å². The number of rotatable bonds is 5. The van der Waals surface area contributed by atoms with E-state index in [-0.39, 0.29) is 12.0 Å². The van der Waals surface area contributed by atoms with Gasteiger partial charge in [0.25, 0.3) is 0 Å². The monoisotopic (exact) mass is 224 g/mol. The maximum absolute atomic E-state index is 9.05. The Morgan fingerprint density at radius 3 is 2.50 bits per heavy atom. The van der Waals surface area contributed by atoms with E-state index in [1.165, 1.54) is 5.56 Å². The molecule has 0 aliphatic carbocycles. The fourth-order valence-electron chi connectivity index (χ4n) is 1.82. The predicted octanol–water partition coefficient (Wildman–Crippen LogP) is 2.90. The molecular formula is C13H24N2O. The Bertz CT molecular complexity index is 306. The molecule has 1 aromatic rings. The number of hydrogen-bond acceptors (Lipinski definition) is 2. The molecule has 92 valence electrons. The van der Waals surface area contributed by atoms with Crippen LogP contribution in [0.3, 0.4) is 0 Å². The summed E-state index contributed by atoms with van der Waals surface area (Å²) in [5, 5.41) is 13.5. The molecule has 0 saturated carbocycles. The van der Waals surface area contributed by atoms with Crippen molar-refractivity contribution in [3.05, 3.63) is 18.0 Å². The molecule has 0 aliphatic rings. The fourth-order valence-corrected chi connectivity index (χ4v) is 1.82. The molecule has 0 bridgehead atoms.